The van der Waals surface area contributed by atoms with E-state index in [1.54, 1.807) is 17.0 Å². The number of piperidine rings is 1. The quantitative estimate of drug-likeness (QED) is 0.859. The highest BCUT2D eigenvalue weighted by molar-refractivity contribution is 5.75. The van der Waals surface area contributed by atoms with Crippen molar-refractivity contribution in [3.63, 3.8) is 0 Å². The van der Waals surface area contributed by atoms with E-state index >= 15 is 0 Å². The Bertz CT molecular complexity index is 589. The van der Waals surface area contributed by atoms with Gasteiger partial charge in [0.2, 0.25) is 5.91 Å². The maximum atomic E-state index is 13.1. The van der Waals surface area contributed by atoms with Gasteiger partial charge in [-0.1, -0.05) is 26.0 Å². The van der Waals surface area contributed by atoms with Crippen molar-refractivity contribution < 1.29 is 14.0 Å². The van der Waals surface area contributed by atoms with Gasteiger partial charge in [-0.25, -0.2) is 9.18 Å². The highest BCUT2D eigenvalue weighted by Crippen LogP contribution is 2.14. The van der Waals surface area contributed by atoms with Crippen molar-refractivity contribution in [3.8, 4) is 0 Å². The van der Waals surface area contributed by atoms with Crippen molar-refractivity contribution in [1.29, 1.82) is 0 Å². The topological polar surface area (TPSA) is 61.4 Å². The first kappa shape index (κ1) is 19.2. The molecule has 1 aliphatic heterocycles. The SMILES string of the molecule is CC(=O)N[C@H]1CCCN(C(=O)N[C@H](Cc2ccc(F)cc2)C(C)C)C1. The van der Waals surface area contributed by atoms with Gasteiger partial charge in [-0.3, -0.25) is 4.79 Å². The number of likely N-dealkylation sites (tertiary alicyclic amines) is 1. The number of nitrogens with one attached hydrogen (secondary N) is 2. The molecule has 1 aromatic carbocycles. The molecule has 0 spiro atoms. The molecule has 6 heteroatoms. The Balaban J connectivity index is 1.95. The predicted octanol–water partition coefficient (Wildman–Crippen LogP) is 2.70. The Kier molecular flexibility index (Phi) is 6.79. The smallest absolute Gasteiger partial charge is 0.317 e. The lowest BCUT2D eigenvalue weighted by Crippen LogP contribution is -2.54. The Morgan fingerprint density at radius 3 is 2.56 bits per heavy atom. The molecule has 0 bridgehead atoms. The molecule has 0 radical (unpaired) electrons. The van der Waals surface area contributed by atoms with E-state index in [1.807, 2.05) is 0 Å². The Labute approximate surface area is 149 Å². The van der Waals surface area contributed by atoms with Crippen LogP contribution in [0.25, 0.3) is 0 Å². The van der Waals surface area contributed by atoms with Crippen molar-refractivity contribution in [2.75, 3.05) is 13.1 Å². The van der Waals surface area contributed by atoms with Crippen LogP contribution in [0.5, 0.6) is 0 Å². The van der Waals surface area contributed by atoms with Gasteiger partial charge in [-0.15, -0.1) is 0 Å². The number of carbonyl (C=O) groups excluding carboxylic acids is 2. The predicted molar refractivity (Wildman–Crippen MR) is 95.7 cm³/mol. The van der Waals surface area contributed by atoms with Gasteiger partial charge >= 0.3 is 6.03 Å². The number of hydrogen-bond acceptors (Lipinski definition) is 2. The number of hydrogen-bond donors (Lipinski definition) is 2. The highest BCUT2D eigenvalue weighted by atomic mass is 19.1. The van der Waals surface area contributed by atoms with Gasteiger partial charge in [0.05, 0.1) is 0 Å². The minimum absolute atomic E-state index is 0.0200. The molecule has 2 N–H and O–H groups in total. The van der Waals surface area contributed by atoms with E-state index < -0.39 is 0 Å². The number of nitrogens with zero attached hydrogens (tertiary/aromatic N) is 1. The third-order valence-electron chi connectivity index (χ3n) is 4.60. The molecule has 25 heavy (non-hydrogen) atoms. The molecule has 1 saturated heterocycles. The monoisotopic (exact) mass is 349 g/mol. The fourth-order valence-corrected chi connectivity index (χ4v) is 3.14. The standard InChI is InChI=1S/C19H28FN3O2/c1-13(2)18(11-15-6-8-16(20)9-7-15)22-19(25)23-10-4-5-17(12-23)21-14(3)24/h6-9,13,17-18H,4-5,10-12H2,1-3H3,(H,21,24)(H,22,25)/t17-,18+/m0/s1. The van der Waals surface area contributed by atoms with E-state index in [-0.39, 0.29) is 35.8 Å². The third kappa shape index (κ3) is 6.03. The molecule has 0 saturated carbocycles. The number of amides is 3. The molecule has 2 atom stereocenters. The summed E-state index contributed by atoms with van der Waals surface area (Å²) in [6.45, 7) is 6.85. The normalized spacial score (nSPS) is 18.8. The summed E-state index contributed by atoms with van der Waals surface area (Å²) < 4.78 is 13.1. The molecule has 0 aliphatic carbocycles. The molecule has 1 aromatic rings. The molecule has 0 aromatic heterocycles. The number of rotatable bonds is 5. The first-order valence-electron chi connectivity index (χ1n) is 8.92. The maximum Gasteiger partial charge on any atom is 0.317 e. The van der Waals surface area contributed by atoms with E-state index in [1.165, 1.54) is 19.1 Å². The van der Waals surface area contributed by atoms with E-state index in [9.17, 15) is 14.0 Å². The summed E-state index contributed by atoms with van der Waals surface area (Å²) in [5.74, 6) is -0.0697. The van der Waals surface area contributed by atoms with Crippen LogP contribution in [0.3, 0.4) is 0 Å². The summed E-state index contributed by atoms with van der Waals surface area (Å²) in [6, 6.07) is 6.28. The minimum Gasteiger partial charge on any atom is -0.352 e. The van der Waals surface area contributed by atoms with Crippen LogP contribution < -0.4 is 10.6 Å². The zero-order valence-corrected chi connectivity index (χ0v) is 15.2. The average molecular weight is 349 g/mol. The van der Waals surface area contributed by atoms with Gasteiger partial charge < -0.3 is 15.5 Å². The van der Waals surface area contributed by atoms with E-state index in [0.29, 0.717) is 19.5 Å². The summed E-state index contributed by atoms with van der Waals surface area (Å²) in [5, 5.41) is 6.00. The summed E-state index contributed by atoms with van der Waals surface area (Å²) in [7, 11) is 0. The molecule has 1 aliphatic rings. The highest BCUT2D eigenvalue weighted by Gasteiger charge is 2.26. The van der Waals surface area contributed by atoms with Gasteiger partial charge in [0.25, 0.3) is 0 Å². The summed E-state index contributed by atoms with van der Waals surface area (Å²) in [6.07, 6.45) is 2.43. The van der Waals surface area contributed by atoms with Crippen molar-refractivity contribution in [2.24, 2.45) is 5.92 Å². The van der Waals surface area contributed by atoms with Gasteiger partial charge in [0.15, 0.2) is 0 Å². The molecule has 138 valence electrons. The van der Waals surface area contributed by atoms with Crippen molar-refractivity contribution in [3.05, 3.63) is 35.6 Å². The fourth-order valence-electron chi connectivity index (χ4n) is 3.14. The van der Waals surface area contributed by atoms with Crippen LogP contribution in [0, 0.1) is 11.7 Å². The van der Waals surface area contributed by atoms with Crippen LogP contribution in [0.15, 0.2) is 24.3 Å². The van der Waals surface area contributed by atoms with Crippen LogP contribution in [-0.4, -0.2) is 42.0 Å². The molecule has 5 nitrogen and oxygen atoms in total. The lowest BCUT2D eigenvalue weighted by molar-refractivity contribution is -0.119. The van der Waals surface area contributed by atoms with Gasteiger partial charge in [-0.2, -0.15) is 0 Å². The first-order valence-corrected chi connectivity index (χ1v) is 8.92. The second-order valence-corrected chi connectivity index (χ2v) is 7.12. The van der Waals surface area contributed by atoms with Crippen molar-refractivity contribution in [1.82, 2.24) is 15.5 Å². The summed E-state index contributed by atoms with van der Waals surface area (Å²) in [5.41, 5.74) is 0.996. The lowest BCUT2D eigenvalue weighted by atomic mass is 9.96. The van der Waals surface area contributed by atoms with Gasteiger partial charge in [-0.05, 0) is 42.9 Å². The van der Waals surface area contributed by atoms with E-state index in [0.717, 1.165) is 18.4 Å². The van der Waals surface area contributed by atoms with Crippen molar-refractivity contribution >= 4 is 11.9 Å². The third-order valence-corrected chi connectivity index (χ3v) is 4.60. The largest absolute Gasteiger partial charge is 0.352 e. The Hall–Kier alpha value is -2.11. The zero-order chi connectivity index (χ0) is 18.4. The first-order chi connectivity index (χ1) is 11.8. The van der Waals surface area contributed by atoms with Crippen LogP contribution in [0.2, 0.25) is 0 Å². The number of benzene rings is 1. The maximum absolute atomic E-state index is 13.1. The second-order valence-electron chi connectivity index (χ2n) is 7.12. The molecular weight excluding hydrogens is 321 g/mol. The molecule has 3 amide bonds. The van der Waals surface area contributed by atoms with Crippen LogP contribution in [0.1, 0.15) is 39.2 Å². The molecule has 1 fully saturated rings. The molecular formula is C19H28FN3O2. The zero-order valence-electron chi connectivity index (χ0n) is 15.2. The summed E-state index contributed by atoms with van der Waals surface area (Å²) >= 11 is 0. The fraction of sp³-hybridized carbons (Fsp3) is 0.579. The Morgan fingerprint density at radius 1 is 1.28 bits per heavy atom. The minimum atomic E-state index is -0.258. The summed E-state index contributed by atoms with van der Waals surface area (Å²) in [4.78, 5) is 25.6. The average Bonchev–Trinajstić information content (AvgIpc) is 2.55. The van der Waals surface area contributed by atoms with Gasteiger partial charge in [0.1, 0.15) is 5.82 Å². The number of carbonyl (C=O) groups is 2. The molecule has 1 heterocycles. The molecule has 2 rings (SSSR count). The van der Waals surface area contributed by atoms with Gasteiger partial charge in [0, 0.05) is 32.1 Å². The Morgan fingerprint density at radius 2 is 1.96 bits per heavy atom. The molecule has 0 unspecified atom stereocenters. The number of halogens is 1. The van der Waals surface area contributed by atoms with E-state index in [2.05, 4.69) is 24.5 Å². The van der Waals surface area contributed by atoms with Crippen LogP contribution >= 0.6 is 0 Å². The van der Waals surface area contributed by atoms with E-state index in [4.69, 9.17) is 0 Å². The second kappa shape index (κ2) is 8.83. The van der Waals surface area contributed by atoms with Crippen molar-refractivity contribution in [2.45, 2.75) is 52.1 Å². The number of urea groups is 1. The lowest BCUT2D eigenvalue weighted by Gasteiger charge is -2.34. The van der Waals surface area contributed by atoms with Crippen LogP contribution in [-0.2, 0) is 11.2 Å². The van der Waals surface area contributed by atoms with Crippen LogP contribution in [0.4, 0.5) is 9.18 Å².